The number of methoxy groups -OCH3 is 1. The number of hydrogen-bond donors (Lipinski definition) is 3. The summed E-state index contributed by atoms with van der Waals surface area (Å²) in [6, 6.07) is 18.2. The van der Waals surface area contributed by atoms with Gasteiger partial charge in [-0.3, -0.25) is 9.59 Å². The van der Waals surface area contributed by atoms with Gasteiger partial charge < -0.3 is 21.1 Å². The van der Waals surface area contributed by atoms with Crippen molar-refractivity contribution in [3.8, 4) is 0 Å². The van der Waals surface area contributed by atoms with Gasteiger partial charge in [0.25, 0.3) is 5.91 Å². The number of benzene rings is 2. The van der Waals surface area contributed by atoms with Crippen LogP contribution in [0.5, 0.6) is 0 Å². The lowest BCUT2D eigenvalue weighted by molar-refractivity contribution is -0.120. The van der Waals surface area contributed by atoms with Crippen molar-refractivity contribution in [1.82, 2.24) is 0 Å². The number of hydrogen-bond acceptors (Lipinski definition) is 4. The van der Waals surface area contributed by atoms with Crippen molar-refractivity contribution in [2.24, 2.45) is 5.73 Å². The highest BCUT2D eigenvalue weighted by Crippen LogP contribution is 2.28. The van der Waals surface area contributed by atoms with Crippen molar-refractivity contribution in [1.29, 1.82) is 0 Å². The number of nitrogens with two attached hydrogens (primary N) is 1. The Morgan fingerprint density at radius 2 is 1.52 bits per heavy atom. The normalized spacial score (nSPS) is 18.7. The van der Waals surface area contributed by atoms with Gasteiger partial charge in [-0.25, -0.2) is 0 Å². The molecule has 0 aliphatic heterocycles. The summed E-state index contributed by atoms with van der Waals surface area (Å²) in [4.78, 5) is 25.2. The van der Waals surface area contributed by atoms with Crippen LogP contribution in [-0.4, -0.2) is 24.5 Å². The van der Waals surface area contributed by atoms with Gasteiger partial charge in [0.2, 0.25) is 5.91 Å². The minimum absolute atomic E-state index is 0.0796. The lowest BCUT2D eigenvalue weighted by atomic mass is 9.87. The third-order valence-corrected chi connectivity index (χ3v) is 4.28. The quantitative estimate of drug-likeness (QED) is 0.761. The molecule has 1 atom stereocenters. The van der Waals surface area contributed by atoms with Crippen LogP contribution in [0.1, 0.15) is 6.42 Å². The first kappa shape index (κ1) is 18.4. The van der Waals surface area contributed by atoms with Gasteiger partial charge >= 0.3 is 0 Å². The molecule has 0 saturated carbocycles. The van der Waals surface area contributed by atoms with Crippen LogP contribution in [0, 0.1) is 0 Å². The fourth-order valence-electron chi connectivity index (χ4n) is 2.77. The summed E-state index contributed by atoms with van der Waals surface area (Å²) >= 11 is 0. The molecule has 2 amide bonds. The lowest BCUT2D eigenvalue weighted by Crippen LogP contribution is -2.51. The molecule has 1 unspecified atom stereocenters. The van der Waals surface area contributed by atoms with Crippen molar-refractivity contribution < 1.29 is 14.3 Å². The van der Waals surface area contributed by atoms with Crippen molar-refractivity contribution in [3.63, 3.8) is 0 Å². The van der Waals surface area contributed by atoms with Crippen molar-refractivity contribution in [2.75, 3.05) is 17.7 Å². The van der Waals surface area contributed by atoms with E-state index < -0.39 is 5.54 Å². The second-order valence-electron chi connectivity index (χ2n) is 6.23. The Morgan fingerprint density at radius 1 is 0.963 bits per heavy atom. The minimum atomic E-state index is -1.31. The highest BCUT2D eigenvalue weighted by molar-refractivity contribution is 6.07. The SMILES string of the molecule is COC1=C(C(=O)Nc2ccccc2)C=CC(N)(C(=O)Nc2ccccc2)C1. The van der Waals surface area contributed by atoms with E-state index in [1.54, 1.807) is 24.3 Å². The fraction of sp³-hybridized carbons (Fsp3) is 0.143. The van der Waals surface area contributed by atoms with Gasteiger partial charge in [-0.05, 0) is 30.3 Å². The fourth-order valence-corrected chi connectivity index (χ4v) is 2.77. The van der Waals surface area contributed by atoms with Crippen LogP contribution in [-0.2, 0) is 14.3 Å². The predicted octanol–water partition coefficient (Wildman–Crippen LogP) is 2.82. The molecule has 3 rings (SSSR count). The van der Waals surface area contributed by atoms with Gasteiger partial charge in [-0.15, -0.1) is 0 Å². The summed E-state index contributed by atoms with van der Waals surface area (Å²) in [7, 11) is 1.46. The molecule has 6 nitrogen and oxygen atoms in total. The lowest BCUT2D eigenvalue weighted by Gasteiger charge is -2.29. The van der Waals surface area contributed by atoms with Crippen LogP contribution >= 0.6 is 0 Å². The highest BCUT2D eigenvalue weighted by atomic mass is 16.5. The molecule has 0 radical (unpaired) electrons. The molecule has 0 heterocycles. The first-order valence-corrected chi connectivity index (χ1v) is 8.50. The molecular weight excluding hydrogens is 342 g/mol. The Morgan fingerprint density at radius 3 is 2.07 bits per heavy atom. The van der Waals surface area contributed by atoms with Gasteiger partial charge in [-0.2, -0.15) is 0 Å². The van der Waals surface area contributed by atoms with E-state index >= 15 is 0 Å². The number of anilines is 2. The van der Waals surface area contributed by atoms with Crippen molar-refractivity contribution in [2.45, 2.75) is 12.0 Å². The van der Waals surface area contributed by atoms with Gasteiger partial charge in [0, 0.05) is 17.8 Å². The number of nitrogens with one attached hydrogen (secondary N) is 2. The number of carbonyl (C=O) groups is 2. The predicted molar refractivity (Wildman–Crippen MR) is 105 cm³/mol. The zero-order chi connectivity index (χ0) is 19.3. The summed E-state index contributed by atoms with van der Waals surface area (Å²) in [6.45, 7) is 0. The molecular formula is C21H21N3O3. The minimum Gasteiger partial charge on any atom is -0.500 e. The second-order valence-corrected chi connectivity index (χ2v) is 6.23. The first-order chi connectivity index (χ1) is 13.0. The Hall–Kier alpha value is -3.38. The van der Waals surface area contributed by atoms with E-state index in [0.717, 1.165) is 0 Å². The van der Waals surface area contributed by atoms with E-state index in [1.807, 2.05) is 36.4 Å². The molecule has 1 aliphatic carbocycles. The summed E-state index contributed by atoms with van der Waals surface area (Å²) in [5.41, 5.74) is 6.64. The number of para-hydroxylation sites is 2. The van der Waals surface area contributed by atoms with E-state index in [2.05, 4.69) is 10.6 Å². The standard InChI is InChI=1S/C21H21N3O3/c1-27-18-14-21(22,20(26)24-16-10-6-3-7-11-16)13-12-17(18)19(25)23-15-8-4-2-5-9-15/h2-13H,14,22H2,1H3,(H,23,25)(H,24,26). The summed E-state index contributed by atoms with van der Waals surface area (Å²) in [5.74, 6) is -0.335. The summed E-state index contributed by atoms with van der Waals surface area (Å²) < 4.78 is 5.37. The summed E-state index contributed by atoms with van der Waals surface area (Å²) in [5, 5.41) is 5.59. The van der Waals surface area contributed by atoms with Crippen LogP contribution in [0.3, 0.4) is 0 Å². The molecule has 0 saturated heterocycles. The molecule has 0 aromatic heterocycles. The zero-order valence-corrected chi connectivity index (χ0v) is 14.9. The molecule has 2 aromatic carbocycles. The maximum Gasteiger partial charge on any atom is 0.259 e. The van der Waals surface area contributed by atoms with Gasteiger partial charge in [0.15, 0.2) is 0 Å². The van der Waals surface area contributed by atoms with Crippen LogP contribution in [0.15, 0.2) is 84.1 Å². The van der Waals surface area contributed by atoms with Gasteiger partial charge in [-0.1, -0.05) is 42.5 Å². The maximum absolute atomic E-state index is 12.7. The second kappa shape index (κ2) is 7.88. The first-order valence-electron chi connectivity index (χ1n) is 8.50. The van der Waals surface area contributed by atoms with Crippen LogP contribution in [0.2, 0.25) is 0 Å². The van der Waals surface area contributed by atoms with Crippen molar-refractivity contribution in [3.05, 3.63) is 84.1 Å². The maximum atomic E-state index is 12.7. The third-order valence-electron chi connectivity index (χ3n) is 4.28. The molecule has 0 bridgehead atoms. The highest BCUT2D eigenvalue weighted by Gasteiger charge is 2.37. The summed E-state index contributed by atoms with van der Waals surface area (Å²) in [6.07, 6.45) is 3.15. The van der Waals surface area contributed by atoms with Gasteiger partial charge in [0.05, 0.1) is 12.7 Å². The topological polar surface area (TPSA) is 93.4 Å². The number of ether oxygens (including phenoxy) is 1. The molecule has 0 fully saturated rings. The zero-order valence-electron chi connectivity index (χ0n) is 14.9. The molecule has 4 N–H and O–H groups in total. The van der Waals surface area contributed by atoms with E-state index in [9.17, 15) is 9.59 Å². The molecule has 1 aliphatic rings. The molecule has 6 heteroatoms. The van der Waals surface area contributed by atoms with Crippen molar-refractivity contribution >= 4 is 23.2 Å². The number of carbonyl (C=O) groups excluding carboxylic acids is 2. The Labute approximate surface area is 157 Å². The average molecular weight is 363 g/mol. The monoisotopic (exact) mass is 363 g/mol. The van der Waals surface area contributed by atoms with Gasteiger partial charge in [0.1, 0.15) is 11.3 Å². The van der Waals surface area contributed by atoms with Crippen LogP contribution in [0.25, 0.3) is 0 Å². The van der Waals surface area contributed by atoms with E-state index in [0.29, 0.717) is 22.7 Å². The Kier molecular flexibility index (Phi) is 5.38. The largest absolute Gasteiger partial charge is 0.500 e. The molecule has 138 valence electrons. The van der Waals surface area contributed by atoms with Crippen LogP contribution < -0.4 is 16.4 Å². The average Bonchev–Trinajstić information content (AvgIpc) is 2.69. The number of rotatable bonds is 5. The molecule has 27 heavy (non-hydrogen) atoms. The van der Waals surface area contributed by atoms with E-state index in [1.165, 1.54) is 19.3 Å². The van der Waals surface area contributed by atoms with E-state index in [4.69, 9.17) is 10.5 Å². The Balaban J connectivity index is 1.76. The number of amides is 2. The van der Waals surface area contributed by atoms with Crippen LogP contribution in [0.4, 0.5) is 11.4 Å². The smallest absolute Gasteiger partial charge is 0.259 e. The molecule has 0 spiro atoms. The molecule has 2 aromatic rings. The van der Waals surface area contributed by atoms with E-state index in [-0.39, 0.29) is 18.2 Å². The third kappa shape index (κ3) is 4.24. The Bertz CT molecular complexity index is 891.